The molecule has 118 valence electrons. The Morgan fingerprint density at radius 1 is 1.36 bits per heavy atom. The van der Waals surface area contributed by atoms with Gasteiger partial charge < -0.3 is 5.32 Å². The van der Waals surface area contributed by atoms with E-state index in [1.54, 1.807) is 13.8 Å². The highest BCUT2D eigenvalue weighted by Gasteiger charge is 2.15. The number of nitriles is 1. The monoisotopic (exact) mass is 305 g/mol. The fraction of sp³-hybridized carbons (Fsp3) is 0.500. The number of aryl methyl sites for hydroxylation is 1. The van der Waals surface area contributed by atoms with Crippen LogP contribution in [0.3, 0.4) is 0 Å². The van der Waals surface area contributed by atoms with Crippen LogP contribution in [0.1, 0.15) is 36.6 Å². The lowest BCUT2D eigenvalue weighted by Crippen LogP contribution is -2.43. The molecule has 1 heterocycles. The van der Waals surface area contributed by atoms with E-state index in [9.17, 15) is 14.4 Å². The number of aromatic nitrogens is 2. The van der Waals surface area contributed by atoms with Gasteiger partial charge in [-0.15, -0.1) is 0 Å². The number of nitrogens with zero attached hydrogens (tertiary/aromatic N) is 3. The minimum atomic E-state index is -0.671. The summed E-state index contributed by atoms with van der Waals surface area (Å²) in [7, 11) is 0. The second-order valence-corrected chi connectivity index (χ2v) is 4.82. The molecule has 0 aromatic carbocycles. The van der Waals surface area contributed by atoms with Crippen LogP contribution in [-0.2, 0) is 11.3 Å². The van der Waals surface area contributed by atoms with Crippen LogP contribution in [0.4, 0.5) is 4.79 Å². The largest absolute Gasteiger partial charge is 0.338 e. The number of amides is 3. The molecule has 1 aromatic heterocycles. The third kappa shape index (κ3) is 4.41. The van der Waals surface area contributed by atoms with E-state index >= 15 is 0 Å². The zero-order valence-electron chi connectivity index (χ0n) is 12.9. The van der Waals surface area contributed by atoms with E-state index in [2.05, 4.69) is 15.7 Å². The topological polar surface area (TPSA) is 117 Å². The number of rotatable bonds is 5. The standard InChI is InChI=1S/C14H19N5O3/c1-4-5-6-16-14(22)17-12(20)8-19-13(21)11(7-15)9(2)10(3)18-19/h4-6,8H2,1-3H3,(H2,16,17,20,22). The number of hydrogen-bond donors (Lipinski definition) is 2. The lowest BCUT2D eigenvalue weighted by atomic mass is 10.1. The Morgan fingerprint density at radius 2 is 2.05 bits per heavy atom. The number of urea groups is 1. The van der Waals surface area contributed by atoms with Crippen LogP contribution in [0.25, 0.3) is 0 Å². The van der Waals surface area contributed by atoms with Crippen molar-refractivity contribution in [1.29, 1.82) is 5.26 Å². The van der Waals surface area contributed by atoms with Gasteiger partial charge in [0.25, 0.3) is 5.56 Å². The van der Waals surface area contributed by atoms with E-state index in [0.29, 0.717) is 17.8 Å². The van der Waals surface area contributed by atoms with Gasteiger partial charge in [0.2, 0.25) is 5.91 Å². The molecule has 1 rings (SSSR count). The predicted molar refractivity (Wildman–Crippen MR) is 79.1 cm³/mol. The van der Waals surface area contributed by atoms with E-state index in [0.717, 1.165) is 17.5 Å². The first-order chi connectivity index (χ1) is 10.4. The summed E-state index contributed by atoms with van der Waals surface area (Å²) in [6.45, 7) is 5.29. The Balaban J connectivity index is 2.78. The van der Waals surface area contributed by atoms with Crippen LogP contribution in [0, 0.1) is 25.2 Å². The van der Waals surface area contributed by atoms with E-state index < -0.39 is 24.0 Å². The second-order valence-electron chi connectivity index (χ2n) is 4.82. The van der Waals surface area contributed by atoms with Crippen LogP contribution in [0.2, 0.25) is 0 Å². The molecule has 0 aliphatic heterocycles. The number of hydrogen-bond acceptors (Lipinski definition) is 5. The quantitative estimate of drug-likeness (QED) is 0.762. The van der Waals surface area contributed by atoms with Crippen LogP contribution in [-0.4, -0.2) is 28.3 Å². The molecule has 0 bridgehead atoms. The maximum absolute atomic E-state index is 12.0. The molecule has 0 spiro atoms. The van der Waals surface area contributed by atoms with E-state index in [1.807, 2.05) is 13.0 Å². The van der Waals surface area contributed by atoms with Crippen LogP contribution < -0.4 is 16.2 Å². The molecule has 0 saturated heterocycles. The summed E-state index contributed by atoms with van der Waals surface area (Å²) in [5.41, 5.74) is 0.276. The minimum absolute atomic E-state index is 0.0484. The second kappa shape index (κ2) is 7.93. The molecule has 0 aliphatic rings. The van der Waals surface area contributed by atoms with Crippen molar-refractivity contribution in [2.24, 2.45) is 0 Å². The molecule has 0 saturated carbocycles. The molecular formula is C14H19N5O3. The van der Waals surface area contributed by atoms with E-state index in [1.165, 1.54) is 0 Å². The molecule has 0 atom stereocenters. The molecule has 0 unspecified atom stereocenters. The number of nitrogens with one attached hydrogen (secondary N) is 2. The molecule has 0 aliphatic carbocycles. The molecule has 2 N–H and O–H groups in total. The average Bonchev–Trinajstić information content (AvgIpc) is 2.45. The average molecular weight is 305 g/mol. The lowest BCUT2D eigenvalue weighted by Gasteiger charge is -2.09. The molecule has 22 heavy (non-hydrogen) atoms. The van der Waals surface area contributed by atoms with E-state index in [4.69, 9.17) is 5.26 Å². The van der Waals surface area contributed by atoms with Crippen molar-refractivity contribution in [1.82, 2.24) is 20.4 Å². The zero-order chi connectivity index (χ0) is 16.7. The van der Waals surface area contributed by atoms with Gasteiger partial charge in [0.05, 0.1) is 5.69 Å². The highest BCUT2D eigenvalue weighted by molar-refractivity contribution is 5.94. The van der Waals surface area contributed by atoms with Crippen molar-refractivity contribution < 1.29 is 9.59 Å². The van der Waals surface area contributed by atoms with Crippen molar-refractivity contribution in [3.63, 3.8) is 0 Å². The summed E-state index contributed by atoms with van der Waals surface area (Å²) in [5, 5.41) is 17.6. The smallest absolute Gasteiger partial charge is 0.321 e. The first-order valence-electron chi connectivity index (χ1n) is 6.96. The predicted octanol–water partition coefficient (Wildman–Crippen LogP) is 0.358. The van der Waals surface area contributed by atoms with Gasteiger partial charge in [0.15, 0.2) is 0 Å². The number of carbonyl (C=O) groups is 2. The molecule has 3 amide bonds. The molecule has 8 heteroatoms. The summed E-state index contributed by atoms with van der Waals surface area (Å²) < 4.78 is 0.884. The van der Waals surface area contributed by atoms with Crippen molar-refractivity contribution >= 4 is 11.9 Å². The number of unbranched alkanes of at least 4 members (excludes halogenated alkanes) is 1. The van der Waals surface area contributed by atoms with Gasteiger partial charge in [0, 0.05) is 6.54 Å². The minimum Gasteiger partial charge on any atom is -0.338 e. The first-order valence-corrected chi connectivity index (χ1v) is 6.96. The molecule has 1 aromatic rings. The van der Waals surface area contributed by atoms with Gasteiger partial charge in [0.1, 0.15) is 18.2 Å². The van der Waals surface area contributed by atoms with Crippen LogP contribution in [0.15, 0.2) is 4.79 Å². The van der Waals surface area contributed by atoms with Gasteiger partial charge in [-0.05, 0) is 25.8 Å². The Bertz CT molecular complexity index is 672. The fourth-order valence-electron chi connectivity index (χ4n) is 1.74. The van der Waals surface area contributed by atoms with Gasteiger partial charge in [-0.3, -0.25) is 14.9 Å². The maximum Gasteiger partial charge on any atom is 0.321 e. The van der Waals surface area contributed by atoms with Crippen molar-refractivity contribution in [3.8, 4) is 6.07 Å². The van der Waals surface area contributed by atoms with Crippen LogP contribution >= 0.6 is 0 Å². The number of imide groups is 1. The number of carbonyl (C=O) groups excluding carboxylic acids is 2. The van der Waals surface area contributed by atoms with Gasteiger partial charge >= 0.3 is 6.03 Å². The normalized spacial score (nSPS) is 9.91. The van der Waals surface area contributed by atoms with Gasteiger partial charge in [-0.25, -0.2) is 9.48 Å². The van der Waals surface area contributed by atoms with Crippen molar-refractivity contribution in [2.45, 2.75) is 40.2 Å². The summed E-state index contributed by atoms with van der Waals surface area (Å²) in [6.07, 6.45) is 1.73. The van der Waals surface area contributed by atoms with Crippen molar-refractivity contribution in [3.05, 3.63) is 27.2 Å². The van der Waals surface area contributed by atoms with E-state index in [-0.39, 0.29) is 5.56 Å². The maximum atomic E-state index is 12.0. The molecule has 0 fully saturated rings. The third-order valence-electron chi connectivity index (χ3n) is 3.11. The van der Waals surface area contributed by atoms with Gasteiger partial charge in [-0.1, -0.05) is 13.3 Å². The molecule has 8 nitrogen and oxygen atoms in total. The molecule has 0 radical (unpaired) electrons. The Kier molecular flexibility index (Phi) is 6.25. The van der Waals surface area contributed by atoms with Gasteiger partial charge in [-0.2, -0.15) is 10.4 Å². The summed E-state index contributed by atoms with van der Waals surface area (Å²) in [5.74, 6) is -0.671. The summed E-state index contributed by atoms with van der Waals surface area (Å²) in [4.78, 5) is 35.2. The Labute approximate surface area is 128 Å². The third-order valence-corrected chi connectivity index (χ3v) is 3.11. The Morgan fingerprint density at radius 3 is 2.64 bits per heavy atom. The zero-order valence-corrected chi connectivity index (χ0v) is 12.9. The SMILES string of the molecule is CCCCNC(=O)NC(=O)Cn1nc(C)c(C)c(C#N)c1=O. The molecular weight excluding hydrogens is 286 g/mol. The highest BCUT2D eigenvalue weighted by Crippen LogP contribution is 2.04. The summed E-state index contributed by atoms with van der Waals surface area (Å²) >= 11 is 0. The highest BCUT2D eigenvalue weighted by atomic mass is 16.2. The lowest BCUT2D eigenvalue weighted by molar-refractivity contribution is -0.120. The first kappa shape index (κ1) is 17.4. The Hall–Kier alpha value is -2.69. The fourth-order valence-corrected chi connectivity index (χ4v) is 1.74. The van der Waals surface area contributed by atoms with Crippen LogP contribution in [0.5, 0.6) is 0 Å². The summed E-state index contributed by atoms with van der Waals surface area (Å²) in [6, 6.07) is 1.19. The van der Waals surface area contributed by atoms with Crippen molar-refractivity contribution in [2.75, 3.05) is 6.54 Å².